The highest BCUT2D eigenvalue weighted by Crippen LogP contribution is 2.29. The fourth-order valence-corrected chi connectivity index (χ4v) is 3.78. The average Bonchev–Trinajstić information content (AvgIpc) is 3.16. The Morgan fingerprint density at radius 3 is 2.62 bits per heavy atom. The van der Waals surface area contributed by atoms with Crippen LogP contribution in [0.5, 0.6) is 0 Å². The van der Waals surface area contributed by atoms with Gasteiger partial charge in [0.2, 0.25) is 11.8 Å². The summed E-state index contributed by atoms with van der Waals surface area (Å²) in [6.45, 7) is 1.71. The van der Waals surface area contributed by atoms with Gasteiger partial charge in [0.15, 0.2) is 0 Å². The summed E-state index contributed by atoms with van der Waals surface area (Å²) in [5.41, 5.74) is 3.58. The van der Waals surface area contributed by atoms with Crippen LogP contribution in [0, 0.1) is 0 Å². The number of aromatic nitrogens is 1. The summed E-state index contributed by atoms with van der Waals surface area (Å²) in [4.78, 5) is 23.6. The van der Waals surface area contributed by atoms with Crippen molar-refractivity contribution in [2.24, 2.45) is 0 Å². The summed E-state index contributed by atoms with van der Waals surface area (Å²) in [6.07, 6.45) is 5.92. The number of likely N-dealkylation sites (N-methyl/N-ethyl adjacent to an activating group) is 1. The van der Waals surface area contributed by atoms with Gasteiger partial charge >= 0.3 is 0 Å². The summed E-state index contributed by atoms with van der Waals surface area (Å²) in [5, 5.41) is 11.3. The number of imide groups is 1. The number of nitrogens with zero attached hydrogens (tertiary/aromatic N) is 1. The van der Waals surface area contributed by atoms with E-state index in [4.69, 9.17) is 0 Å². The highest BCUT2D eigenvalue weighted by Gasteiger charge is 2.27. The van der Waals surface area contributed by atoms with Gasteiger partial charge < -0.3 is 15.2 Å². The maximum absolute atomic E-state index is 12.2. The molecule has 0 radical (unpaired) electrons. The van der Waals surface area contributed by atoms with E-state index in [-0.39, 0.29) is 17.9 Å². The molecule has 150 valence electrons. The van der Waals surface area contributed by atoms with Gasteiger partial charge in [0.05, 0.1) is 0 Å². The molecule has 0 aliphatic carbocycles. The van der Waals surface area contributed by atoms with E-state index in [1.807, 2.05) is 36.1 Å². The van der Waals surface area contributed by atoms with Crippen LogP contribution < -0.4 is 16.0 Å². The number of piperidine rings is 1. The molecule has 2 aromatic carbocycles. The Balaban J connectivity index is 1.48. The van der Waals surface area contributed by atoms with Gasteiger partial charge in [-0.2, -0.15) is 0 Å². The molecule has 0 bridgehead atoms. The lowest BCUT2D eigenvalue weighted by atomic mass is 10.1. The highest BCUT2D eigenvalue weighted by molar-refractivity contribution is 6.00. The van der Waals surface area contributed by atoms with Crippen LogP contribution in [0.1, 0.15) is 30.0 Å². The number of hydrogen-bond acceptors (Lipinski definition) is 4. The maximum atomic E-state index is 12.2. The standard InChI is InChI=1S/C23H26N4O2/c1-24-12-11-16-5-7-17(8-6-16)13-25-20-4-2-3-18-14-27(15-19(18)20)21-9-10-22(28)26-23(21)29/h2-8,14-15,21,24-25H,9-13H2,1H3,(H,26,28,29). The number of nitrogens with one attached hydrogen (secondary N) is 3. The Hall–Kier alpha value is -3.12. The molecule has 6 heteroatoms. The number of carbonyl (C=O) groups excluding carboxylic acids is 2. The summed E-state index contributed by atoms with van der Waals surface area (Å²) in [6, 6.07) is 14.4. The highest BCUT2D eigenvalue weighted by atomic mass is 16.2. The molecule has 1 aliphatic rings. The third-order valence-corrected chi connectivity index (χ3v) is 5.45. The molecule has 3 N–H and O–H groups in total. The van der Waals surface area contributed by atoms with Crippen molar-refractivity contribution in [1.29, 1.82) is 0 Å². The lowest BCUT2D eigenvalue weighted by molar-refractivity contribution is -0.135. The Morgan fingerprint density at radius 1 is 1.07 bits per heavy atom. The first-order valence-corrected chi connectivity index (χ1v) is 10.0. The number of benzene rings is 2. The second-order valence-corrected chi connectivity index (χ2v) is 7.50. The van der Waals surface area contributed by atoms with Crippen molar-refractivity contribution < 1.29 is 9.59 Å². The maximum Gasteiger partial charge on any atom is 0.249 e. The largest absolute Gasteiger partial charge is 0.380 e. The lowest BCUT2D eigenvalue weighted by Crippen LogP contribution is -2.41. The Kier molecular flexibility index (Phi) is 5.62. The molecule has 1 aliphatic heterocycles. The van der Waals surface area contributed by atoms with Crippen LogP contribution in [0.15, 0.2) is 54.9 Å². The van der Waals surface area contributed by atoms with Gasteiger partial charge in [-0.1, -0.05) is 36.4 Å². The van der Waals surface area contributed by atoms with E-state index in [1.165, 1.54) is 11.1 Å². The number of carbonyl (C=O) groups is 2. The van der Waals surface area contributed by atoms with Gasteiger partial charge in [-0.25, -0.2) is 0 Å². The second kappa shape index (κ2) is 8.49. The summed E-state index contributed by atoms with van der Waals surface area (Å²) in [5.74, 6) is -0.420. The van der Waals surface area contributed by atoms with Gasteiger partial charge in [-0.05, 0) is 43.6 Å². The van der Waals surface area contributed by atoms with Gasteiger partial charge in [-0.15, -0.1) is 0 Å². The number of amides is 2. The van der Waals surface area contributed by atoms with E-state index in [9.17, 15) is 9.59 Å². The second-order valence-electron chi connectivity index (χ2n) is 7.50. The molecule has 1 unspecified atom stereocenters. The molecular formula is C23H26N4O2. The zero-order valence-electron chi connectivity index (χ0n) is 16.6. The minimum atomic E-state index is -0.335. The average molecular weight is 390 g/mol. The number of anilines is 1. The molecule has 2 heterocycles. The van der Waals surface area contributed by atoms with E-state index < -0.39 is 0 Å². The molecule has 1 fully saturated rings. The summed E-state index contributed by atoms with van der Waals surface area (Å²) < 4.78 is 1.92. The van der Waals surface area contributed by atoms with Crippen LogP contribution in [0.25, 0.3) is 10.8 Å². The monoisotopic (exact) mass is 390 g/mol. The van der Waals surface area contributed by atoms with Crippen LogP contribution in [0.2, 0.25) is 0 Å². The molecular weight excluding hydrogens is 364 g/mol. The molecule has 1 saturated heterocycles. The van der Waals surface area contributed by atoms with Gasteiger partial charge in [0.1, 0.15) is 6.04 Å². The van der Waals surface area contributed by atoms with Gasteiger partial charge in [0, 0.05) is 41.8 Å². The predicted molar refractivity (Wildman–Crippen MR) is 115 cm³/mol. The zero-order chi connectivity index (χ0) is 20.2. The third-order valence-electron chi connectivity index (χ3n) is 5.45. The molecule has 1 atom stereocenters. The van der Waals surface area contributed by atoms with E-state index in [0.717, 1.165) is 36.0 Å². The molecule has 2 amide bonds. The van der Waals surface area contributed by atoms with E-state index >= 15 is 0 Å². The fraction of sp³-hybridized carbons (Fsp3) is 0.304. The van der Waals surface area contributed by atoms with Crippen molar-refractivity contribution >= 4 is 28.3 Å². The minimum Gasteiger partial charge on any atom is -0.380 e. The first kappa shape index (κ1) is 19.2. The predicted octanol–water partition coefficient (Wildman–Crippen LogP) is 2.99. The van der Waals surface area contributed by atoms with Crippen LogP contribution in [0.4, 0.5) is 5.69 Å². The minimum absolute atomic E-state index is 0.192. The smallest absolute Gasteiger partial charge is 0.249 e. The van der Waals surface area contributed by atoms with Crippen molar-refractivity contribution in [2.75, 3.05) is 18.9 Å². The molecule has 4 rings (SSSR count). The van der Waals surface area contributed by atoms with Crippen molar-refractivity contribution in [3.63, 3.8) is 0 Å². The van der Waals surface area contributed by atoms with Crippen molar-refractivity contribution in [1.82, 2.24) is 15.2 Å². The van der Waals surface area contributed by atoms with Crippen molar-refractivity contribution in [2.45, 2.75) is 31.8 Å². The zero-order valence-corrected chi connectivity index (χ0v) is 16.6. The fourth-order valence-electron chi connectivity index (χ4n) is 3.78. The number of fused-ring (bicyclic) bond motifs is 1. The lowest BCUT2D eigenvalue weighted by Gasteiger charge is -2.22. The number of hydrogen-bond donors (Lipinski definition) is 3. The third kappa shape index (κ3) is 4.32. The van der Waals surface area contributed by atoms with Gasteiger partial charge in [0.25, 0.3) is 0 Å². The molecule has 1 aromatic heterocycles. The molecule has 3 aromatic rings. The molecule has 29 heavy (non-hydrogen) atoms. The van der Waals surface area contributed by atoms with E-state index in [0.29, 0.717) is 12.8 Å². The molecule has 6 nitrogen and oxygen atoms in total. The Bertz CT molecular complexity index is 1020. The van der Waals surface area contributed by atoms with Crippen LogP contribution >= 0.6 is 0 Å². The van der Waals surface area contributed by atoms with Crippen LogP contribution in [-0.4, -0.2) is 30.0 Å². The van der Waals surface area contributed by atoms with E-state index in [1.54, 1.807) is 0 Å². The van der Waals surface area contributed by atoms with E-state index in [2.05, 4.69) is 46.3 Å². The first-order valence-electron chi connectivity index (χ1n) is 10.0. The SMILES string of the molecule is CNCCc1ccc(CNc2cccc3cn(C4CCC(=O)NC4=O)cc23)cc1. The topological polar surface area (TPSA) is 75.2 Å². The Labute approximate surface area is 170 Å². The van der Waals surface area contributed by atoms with Crippen LogP contribution in [0.3, 0.4) is 0 Å². The summed E-state index contributed by atoms with van der Waals surface area (Å²) >= 11 is 0. The van der Waals surface area contributed by atoms with Crippen molar-refractivity contribution in [3.05, 3.63) is 66.0 Å². The van der Waals surface area contributed by atoms with Crippen molar-refractivity contribution in [3.8, 4) is 0 Å². The normalized spacial score (nSPS) is 16.8. The van der Waals surface area contributed by atoms with Crippen LogP contribution in [-0.2, 0) is 22.6 Å². The summed E-state index contributed by atoms with van der Waals surface area (Å²) in [7, 11) is 1.96. The van der Waals surface area contributed by atoms with Gasteiger partial charge in [-0.3, -0.25) is 14.9 Å². The molecule has 0 saturated carbocycles. The number of rotatable bonds is 7. The molecule has 0 spiro atoms. The quantitative estimate of drug-likeness (QED) is 0.542. The Morgan fingerprint density at radius 2 is 1.86 bits per heavy atom. The first-order chi connectivity index (χ1) is 14.1.